The number of furan rings is 1. The summed E-state index contributed by atoms with van der Waals surface area (Å²) in [6.07, 6.45) is 0.684. The second-order valence-corrected chi connectivity index (χ2v) is 5.20. The van der Waals surface area contributed by atoms with E-state index in [1.165, 1.54) is 0 Å². The van der Waals surface area contributed by atoms with Gasteiger partial charge < -0.3 is 9.15 Å². The zero-order valence-electron chi connectivity index (χ0n) is 13.2. The number of rotatable bonds is 5. The minimum absolute atomic E-state index is 0.309. The fraction of sp³-hybridized carbons (Fsp3) is 0.100. The van der Waals surface area contributed by atoms with E-state index in [9.17, 15) is 9.59 Å². The van der Waals surface area contributed by atoms with Gasteiger partial charge in [-0.15, -0.1) is 0 Å². The van der Waals surface area contributed by atoms with Gasteiger partial charge in [0, 0.05) is 5.56 Å². The van der Waals surface area contributed by atoms with Crippen LogP contribution < -0.4 is 0 Å². The molecule has 0 N–H and O–H groups in total. The van der Waals surface area contributed by atoms with Gasteiger partial charge in [0.25, 0.3) is 0 Å². The van der Waals surface area contributed by atoms with E-state index in [1.54, 1.807) is 31.2 Å². The molecule has 0 aliphatic heterocycles. The predicted octanol–water partition coefficient (Wildman–Crippen LogP) is 4.60. The van der Waals surface area contributed by atoms with E-state index in [4.69, 9.17) is 9.15 Å². The number of ether oxygens (including phenoxy) is 1. The van der Waals surface area contributed by atoms with Gasteiger partial charge in [0.15, 0.2) is 12.0 Å². The van der Waals surface area contributed by atoms with Gasteiger partial charge in [-0.3, -0.25) is 4.79 Å². The van der Waals surface area contributed by atoms with Crippen LogP contribution in [0.3, 0.4) is 0 Å². The lowest BCUT2D eigenvalue weighted by atomic mass is 10.0. The third-order valence-electron chi connectivity index (χ3n) is 3.64. The molecule has 3 aromatic rings. The number of carbonyl (C=O) groups excluding carboxylic acids is 2. The largest absolute Gasteiger partial charge is 0.462 e. The van der Waals surface area contributed by atoms with E-state index < -0.39 is 0 Å². The summed E-state index contributed by atoms with van der Waals surface area (Å²) in [6, 6.07) is 18.5. The number of benzene rings is 2. The zero-order chi connectivity index (χ0) is 16.9. The second-order valence-electron chi connectivity index (χ2n) is 5.20. The molecule has 0 spiro atoms. The van der Waals surface area contributed by atoms with Crippen molar-refractivity contribution in [3.05, 3.63) is 72.0 Å². The van der Waals surface area contributed by atoms with Crippen LogP contribution >= 0.6 is 0 Å². The Hall–Kier alpha value is -3.14. The lowest BCUT2D eigenvalue weighted by Gasteiger charge is -2.05. The molecule has 120 valence electrons. The molecule has 4 heteroatoms. The summed E-state index contributed by atoms with van der Waals surface area (Å²) in [4.78, 5) is 22.3. The molecule has 0 saturated carbocycles. The quantitative estimate of drug-likeness (QED) is 0.509. The second kappa shape index (κ2) is 6.96. The number of esters is 1. The SMILES string of the molecule is CCOC(=O)c1ccc(-c2ccc(-c3ccc(C=O)o3)cc2)cc1. The van der Waals surface area contributed by atoms with Gasteiger partial charge >= 0.3 is 5.97 Å². The molecule has 0 unspecified atom stereocenters. The molecule has 0 atom stereocenters. The number of carbonyl (C=O) groups is 2. The maximum absolute atomic E-state index is 11.7. The molecule has 0 saturated heterocycles. The summed E-state index contributed by atoms with van der Waals surface area (Å²) in [5, 5.41) is 0. The van der Waals surface area contributed by atoms with Crippen LogP contribution in [0.2, 0.25) is 0 Å². The molecule has 0 fully saturated rings. The normalized spacial score (nSPS) is 10.4. The third-order valence-corrected chi connectivity index (χ3v) is 3.64. The highest BCUT2D eigenvalue weighted by molar-refractivity contribution is 5.90. The van der Waals surface area contributed by atoms with Crippen molar-refractivity contribution >= 4 is 12.3 Å². The lowest BCUT2D eigenvalue weighted by molar-refractivity contribution is 0.0526. The van der Waals surface area contributed by atoms with Crippen molar-refractivity contribution in [1.82, 2.24) is 0 Å². The molecular weight excluding hydrogens is 304 g/mol. The Bertz CT molecular complexity index is 842. The van der Waals surface area contributed by atoms with Crippen molar-refractivity contribution in [1.29, 1.82) is 0 Å². The van der Waals surface area contributed by atoms with Gasteiger partial charge in [0.2, 0.25) is 0 Å². The van der Waals surface area contributed by atoms with Crippen molar-refractivity contribution in [2.75, 3.05) is 6.61 Å². The van der Waals surface area contributed by atoms with E-state index in [1.807, 2.05) is 36.4 Å². The minimum atomic E-state index is -0.316. The van der Waals surface area contributed by atoms with Gasteiger partial charge in [-0.05, 0) is 42.3 Å². The van der Waals surface area contributed by atoms with E-state index in [0.29, 0.717) is 30.0 Å². The first kappa shape index (κ1) is 15.7. The summed E-state index contributed by atoms with van der Waals surface area (Å²) in [7, 11) is 0. The number of aldehydes is 1. The van der Waals surface area contributed by atoms with E-state index >= 15 is 0 Å². The molecule has 2 aromatic carbocycles. The van der Waals surface area contributed by atoms with Gasteiger partial charge in [-0.25, -0.2) is 4.79 Å². The molecule has 4 nitrogen and oxygen atoms in total. The molecular formula is C20H16O4. The highest BCUT2D eigenvalue weighted by Crippen LogP contribution is 2.26. The van der Waals surface area contributed by atoms with Crippen LogP contribution in [0.25, 0.3) is 22.5 Å². The fourth-order valence-corrected chi connectivity index (χ4v) is 2.41. The maximum atomic E-state index is 11.7. The van der Waals surface area contributed by atoms with Crippen molar-refractivity contribution < 1.29 is 18.7 Å². The molecule has 0 aliphatic carbocycles. The number of hydrogen-bond acceptors (Lipinski definition) is 4. The van der Waals surface area contributed by atoms with E-state index in [0.717, 1.165) is 16.7 Å². The highest BCUT2D eigenvalue weighted by Gasteiger charge is 2.07. The van der Waals surface area contributed by atoms with Gasteiger partial charge in [-0.1, -0.05) is 36.4 Å². The van der Waals surface area contributed by atoms with Gasteiger partial charge in [0.1, 0.15) is 5.76 Å². The first-order valence-corrected chi connectivity index (χ1v) is 7.64. The molecule has 0 amide bonds. The standard InChI is InChI=1S/C20H16O4/c1-2-23-20(22)17-9-5-15(6-10-17)14-3-7-16(8-4-14)19-12-11-18(13-21)24-19/h3-13H,2H2,1H3. The molecule has 0 aliphatic rings. The minimum Gasteiger partial charge on any atom is -0.462 e. The Kier molecular flexibility index (Phi) is 4.57. The van der Waals surface area contributed by atoms with Gasteiger partial charge in [0.05, 0.1) is 12.2 Å². The Balaban J connectivity index is 1.80. The Morgan fingerprint density at radius 1 is 0.917 bits per heavy atom. The molecule has 1 heterocycles. The first-order chi connectivity index (χ1) is 11.7. The van der Waals surface area contributed by atoms with Crippen LogP contribution in [-0.2, 0) is 4.74 Å². The highest BCUT2D eigenvalue weighted by atomic mass is 16.5. The van der Waals surface area contributed by atoms with Crippen LogP contribution in [-0.4, -0.2) is 18.9 Å². The number of hydrogen-bond donors (Lipinski definition) is 0. The van der Waals surface area contributed by atoms with Crippen LogP contribution in [0.4, 0.5) is 0 Å². The Morgan fingerprint density at radius 2 is 1.50 bits per heavy atom. The molecule has 24 heavy (non-hydrogen) atoms. The Morgan fingerprint density at radius 3 is 2.04 bits per heavy atom. The monoisotopic (exact) mass is 320 g/mol. The predicted molar refractivity (Wildman–Crippen MR) is 90.9 cm³/mol. The summed E-state index contributed by atoms with van der Waals surface area (Å²) in [5.41, 5.74) is 3.46. The summed E-state index contributed by atoms with van der Waals surface area (Å²) in [5.74, 6) is 0.646. The Labute approximate surface area is 139 Å². The molecule has 3 rings (SSSR count). The smallest absolute Gasteiger partial charge is 0.338 e. The van der Waals surface area contributed by atoms with Gasteiger partial charge in [-0.2, -0.15) is 0 Å². The van der Waals surface area contributed by atoms with E-state index in [-0.39, 0.29) is 5.97 Å². The summed E-state index contributed by atoms with van der Waals surface area (Å²) < 4.78 is 10.4. The molecule has 0 bridgehead atoms. The topological polar surface area (TPSA) is 56.5 Å². The molecule has 1 aromatic heterocycles. The summed E-state index contributed by atoms with van der Waals surface area (Å²) >= 11 is 0. The average Bonchev–Trinajstić information content (AvgIpc) is 3.11. The van der Waals surface area contributed by atoms with Crippen LogP contribution in [0.15, 0.2) is 65.1 Å². The van der Waals surface area contributed by atoms with Crippen LogP contribution in [0.1, 0.15) is 27.8 Å². The summed E-state index contributed by atoms with van der Waals surface area (Å²) in [6.45, 7) is 2.14. The average molecular weight is 320 g/mol. The van der Waals surface area contributed by atoms with Crippen molar-refractivity contribution in [2.24, 2.45) is 0 Å². The van der Waals surface area contributed by atoms with Crippen LogP contribution in [0.5, 0.6) is 0 Å². The maximum Gasteiger partial charge on any atom is 0.338 e. The third kappa shape index (κ3) is 3.27. The van der Waals surface area contributed by atoms with Crippen LogP contribution in [0, 0.1) is 0 Å². The fourth-order valence-electron chi connectivity index (χ4n) is 2.41. The lowest BCUT2D eigenvalue weighted by Crippen LogP contribution is -2.03. The van der Waals surface area contributed by atoms with Crippen molar-refractivity contribution in [2.45, 2.75) is 6.92 Å². The first-order valence-electron chi connectivity index (χ1n) is 7.64. The van der Waals surface area contributed by atoms with Crippen molar-refractivity contribution in [3.63, 3.8) is 0 Å². The zero-order valence-corrected chi connectivity index (χ0v) is 13.2. The van der Waals surface area contributed by atoms with E-state index in [2.05, 4.69) is 0 Å². The molecule has 0 radical (unpaired) electrons. The van der Waals surface area contributed by atoms with Crippen molar-refractivity contribution in [3.8, 4) is 22.5 Å².